The van der Waals surface area contributed by atoms with Crippen molar-refractivity contribution in [3.63, 3.8) is 0 Å². The first-order valence-electron chi connectivity index (χ1n) is 7.49. The van der Waals surface area contributed by atoms with Crippen LogP contribution in [-0.4, -0.2) is 55.0 Å². The predicted octanol–water partition coefficient (Wildman–Crippen LogP) is 0.530. The zero-order valence-corrected chi connectivity index (χ0v) is 15.3. The van der Waals surface area contributed by atoms with Crippen molar-refractivity contribution in [1.82, 2.24) is 15.5 Å². The van der Waals surface area contributed by atoms with Crippen LogP contribution in [0.1, 0.15) is 33.6 Å². The van der Waals surface area contributed by atoms with Gasteiger partial charge in [0.05, 0.1) is 12.6 Å². The van der Waals surface area contributed by atoms with Gasteiger partial charge in [-0.25, -0.2) is 0 Å². The summed E-state index contributed by atoms with van der Waals surface area (Å²) in [6.45, 7) is 9.01. The Morgan fingerprint density at radius 2 is 1.77 bits per heavy atom. The van der Waals surface area contributed by atoms with Crippen LogP contribution >= 0.6 is 24.8 Å². The monoisotopic (exact) mass is 356 g/mol. The van der Waals surface area contributed by atoms with Crippen molar-refractivity contribution in [3.8, 4) is 0 Å². The van der Waals surface area contributed by atoms with Gasteiger partial charge in [0.15, 0.2) is 0 Å². The summed E-state index contributed by atoms with van der Waals surface area (Å²) in [7, 11) is 0. The van der Waals surface area contributed by atoms with Gasteiger partial charge in [-0.05, 0) is 25.3 Å². The molecule has 1 atom stereocenters. The van der Waals surface area contributed by atoms with E-state index in [1.807, 2.05) is 13.8 Å². The lowest BCUT2D eigenvalue weighted by Gasteiger charge is -2.31. The summed E-state index contributed by atoms with van der Waals surface area (Å²) in [5, 5.41) is 5.55. The van der Waals surface area contributed by atoms with E-state index in [1.54, 1.807) is 0 Å². The van der Waals surface area contributed by atoms with Crippen molar-refractivity contribution in [1.29, 1.82) is 0 Å². The zero-order valence-electron chi connectivity index (χ0n) is 13.6. The molecular formula is C14H30Cl2N4O2. The number of nitrogens with one attached hydrogen (secondary N) is 2. The average Bonchev–Trinajstić information content (AvgIpc) is 2.44. The molecule has 1 aliphatic heterocycles. The van der Waals surface area contributed by atoms with Crippen LogP contribution in [0.4, 0.5) is 0 Å². The molecule has 0 aliphatic carbocycles. The molecule has 22 heavy (non-hydrogen) atoms. The third-order valence-electron chi connectivity index (χ3n) is 3.84. The maximum absolute atomic E-state index is 11.8. The van der Waals surface area contributed by atoms with E-state index < -0.39 is 6.04 Å². The number of carbonyl (C=O) groups excluding carboxylic acids is 2. The van der Waals surface area contributed by atoms with Crippen molar-refractivity contribution >= 4 is 36.6 Å². The van der Waals surface area contributed by atoms with Crippen molar-refractivity contribution in [2.45, 2.75) is 45.7 Å². The number of hydrogen-bond donors (Lipinski definition) is 3. The molecule has 132 valence electrons. The Bertz CT molecular complexity index is 335. The molecule has 1 aliphatic rings. The molecule has 8 heteroatoms. The first-order chi connectivity index (χ1) is 9.43. The second-order valence-electron chi connectivity index (χ2n) is 5.76. The fraction of sp³-hybridized carbons (Fsp3) is 0.857. The summed E-state index contributed by atoms with van der Waals surface area (Å²) in [5.74, 6) is -0.336. The van der Waals surface area contributed by atoms with Crippen molar-refractivity contribution in [2.75, 3.05) is 26.2 Å². The van der Waals surface area contributed by atoms with Gasteiger partial charge in [-0.3, -0.25) is 9.59 Å². The molecule has 4 N–H and O–H groups in total. The summed E-state index contributed by atoms with van der Waals surface area (Å²) in [4.78, 5) is 25.8. The van der Waals surface area contributed by atoms with E-state index in [2.05, 4.69) is 22.5 Å². The van der Waals surface area contributed by atoms with Gasteiger partial charge in [-0.1, -0.05) is 20.8 Å². The van der Waals surface area contributed by atoms with Gasteiger partial charge in [-0.2, -0.15) is 0 Å². The molecule has 2 amide bonds. The molecule has 0 aromatic heterocycles. The summed E-state index contributed by atoms with van der Waals surface area (Å²) in [6, 6.07) is -0.337. The maximum atomic E-state index is 11.8. The largest absolute Gasteiger partial charge is 0.352 e. The minimum Gasteiger partial charge on any atom is -0.352 e. The third kappa shape index (κ3) is 8.17. The molecule has 0 aromatic rings. The van der Waals surface area contributed by atoms with E-state index in [-0.39, 0.29) is 55.1 Å². The van der Waals surface area contributed by atoms with Crippen LogP contribution in [0.3, 0.4) is 0 Å². The number of piperidine rings is 1. The Morgan fingerprint density at radius 3 is 2.23 bits per heavy atom. The number of nitrogens with two attached hydrogens (primary N) is 1. The molecule has 1 fully saturated rings. The van der Waals surface area contributed by atoms with E-state index in [4.69, 9.17) is 5.73 Å². The van der Waals surface area contributed by atoms with Gasteiger partial charge in [0.25, 0.3) is 0 Å². The Balaban J connectivity index is 0. The molecule has 1 rings (SSSR count). The topological polar surface area (TPSA) is 87.5 Å². The summed E-state index contributed by atoms with van der Waals surface area (Å²) in [6.07, 6.45) is 1.94. The quantitative estimate of drug-likeness (QED) is 0.647. The molecule has 0 unspecified atom stereocenters. The number of hydrogen-bond acceptors (Lipinski definition) is 4. The average molecular weight is 357 g/mol. The normalized spacial score (nSPS) is 17.1. The van der Waals surface area contributed by atoms with E-state index in [9.17, 15) is 9.59 Å². The van der Waals surface area contributed by atoms with Crippen LogP contribution in [0.2, 0.25) is 0 Å². The number of likely N-dealkylation sites (tertiary alicyclic amines) is 1. The van der Waals surface area contributed by atoms with Gasteiger partial charge in [0.1, 0.15) is 0 Å². The summed E-state index contributed by atoms with van der Waals surface area (Å²) >= 11 is 0. The standard InChI is InChI=1S/C14H28N4O2.2ClH/c1-4-18-7-5-11(6-8-18)17-12(19)9-16-14(20)13(15)10(2)3;;/h10-11,13H,4-9,15H2,1-3H3,(H,16,20)(H,17,19);2*1H/t13-;;/m0../s1. The SMILES string of the molecule is CCN1CCC(NC(=O)CNC(=O)[C@@H](N)C(C)C)CC1.Cl.Cl. The van der Waals surface area contributed by atoms with Gasteiger partial charge < -0.3 is 21.3 Å². The van der Waals surface area contributed by atoms with Crippen LogP contribution in [-0.2, 0) is 9.59 Å². The van der Waals surface area contributed by atoms with Crippen LogP contribution in [0, 0.1) is 5.92 Å². The number of nitrogens with zero attached hydrogens (tertiary/aromatic N) is 1. The highest BCUT2D eigenvalue weighted by Crippen LogP contribution is 2.09. The molecule has 6 nitrogen and oxygen atoms in total. The molecule has 1 heterocycles. The number of carbonyl (C=O) groups is 2. The fourth-order valence-electron chi connectivity index (χ4n) is 2.26. The first kappa shape index (κ1) is 23.7. The van der Waals surface area contributed by atoms with Crippen molar-refractivity contribution < 1.29 is 9.59 Å². The minimum absolute atomic E-state index is 0. The number of rotatable bonds is 6. The molecule has 0 aromatic carbocycles. The Hall–Kier alpha value is -0.560. The Labute approximate surface area is 145 Å². The lowest BCUT2D eigenvalue weighted by atomic mass is 10.0. The van der Waals surface area contributed by atoms with Crippen molar-refractivity contribution in [2.24, 2.45) is 11.7 Å². The van der Waals surface area contributed by atoms with Gasteiger partial charge in [-0.15, -0.1) is 24.8 Å². The zero-order chi connectivity index (χ0) is 15.1. The summed E-state index contributed by atoms with van der Waals surface area (Å²) < 4.78 is 0. The van der Waals surface area contributed by atoms with Gasteiger partial charge in [0, 0.05) is 19.1 Å². The van der Waals surface area contributed by atoms with E-state index in [0.29, 0.717) is 0 Å². The van der Waals surface area contributed by atoms with Crippen molar-refractivity contribution in [3.05, 3.63) is 0 Å². The first-order valence-corrected chi connectivity index (χ1v) is 7.49. The van der Waals surface area contributed by atoms with Crippen LogP contribution < -0.4 is 16.4 Å². The van der Waals surface area contributed by atoms with E-state index in [0.717, 1.165) is 32.5 Å². The highest BCUT2D eigenvalue weighted by molar-refractivity contribution is 5.87. The molecule has 0 bridgehead atoms. The number of halogens is 2. The van der Waals surface area contributed by atoms with Gasteiger partial charge >= 0.3 is 0 Å². The van der Waals surface area contributed by atoms with Crippen LogP contribution in [0.25, 0.3) is 0 Å². The Morgan fingerprint density at radius 1 is 1.23 bits per heavy atom. The highest BCUT2D eigenvalue weighted by atomic mass is 35.5. The molecule has 1 saturated heterocycles. The molecule has 0 spiro atoms. The second-order valence-corrected chi connectivity index (χ2v) is 5.76. The number of amides is 2. The predicted molar refractivity (Wildman–Crippen MR) is 93.6 cm³/mol. The fourth-order valence-corrected chi connectivity index (χ4v) is 2.26. The lowest BCUT2D eigenvalue weighted by Crippen LogP contribution is -2.50. The van der Waals surface area contributed by atoms with E-state index in [1.165, 1.54) is 0 Å². The van der Waals surface area contributed by atoms with Crippen LogP contribution in [0.5, 0.6) is 0 Å². The lowest BCUT2D eigenvalue weighted by molar-refractivity contribution is -0.127. The molecule has 0 radical (unpaired) electrons. The third-order valence-corrected chi connectivity index (χ3v) is 3.84. The molecule has 0 saturated carbocycles. The maximum Gasteiger partial charge on any atom is 0.239 e. The van der Waals surface area contributed by atoms with Crippen LogP contribution in [0.15, 0.2) is 0 Å². The summed E-state index contributed by atoms with van der Waals surface area (Å²) in [5.41, 5.74) is 5.71. The highest BCUT2D eigenvalue weighted by Gasteiger charge is 2.21. The molecular weight excluding hydrogens is 327 g/mol. The Kier molecular flexibility index (Phi) is 12.9. The van der Waals surface area contributed by atoms with Gasteiger partial charge in [0.2, 0.25) is 11.8 Å². The second kappa shape index (κ2) is 11.9. The minimum atomic E-state index is -0.560. The smallest absolute Gasteiger partial charge is 0.239 e. The van der Waals surface area contributed by atoms with E-state index >= 15 is 0 Å².